The van der Waals surface area contributed by atoms with Gasteiger partial charge >= 0.3 is 18.0 Å². The number of hydrogen-bond donors (Lipinski definition) is 1. The van der Waals surface area contributed by atoms with Gasteiger partial charge in [-0.25, -0.2) is 12.8 Å². The molecule has 2 rings (SSSR count). The number of primary amides is 1. The molecule has 0 aromatic heterocycles. The van der Waals surface area contributed by atoms with E-state index in [-0.39, 0.29) is 28.4 Å². The summed E-state index contributed by atoms with van der Waals surface area (Å²) in [4.78, 5) is 26.2. The van der Waals surface area contributed by atoms with Crippen LogP contribution in [0.2, 0.25) is 5.02 Å². The maximum Gasteiger partial charge on any atom is 0.435 e. The zero-order valence-electron chi connectivity index (χ0n) is 19.3. The Balaban J connectivity index is 2.81. The second-order valence-corrected chi connectivity index (χ2v) is 10.9. The van der Waals surface area contributed by atoms with Crippen LogP contribution in [0.15, 0.2) is 36.4 Å². The van der Waals surface area contributed by atoms with E-state index in [1.807, 2.05) is 0 Å². The third-order valence-corrected chi connectivity index (χ3v) is 6.73. The van der Waals surface area contributed by atoms with Gasteiger partial charge in [0.25, 0.3) is 5.91 Å². The van der Waals surface area contributed by atoms with Gasteiger partial charge in [-0.2, -0.15) is 26.3 Å². The van der Waals surface area contributed by atoms with Crippen molar-refractivity contribution in [1.82, 2.24) is 0 Å². The highest BCUT2D eigenvalue weighted by molar-refractivity contribution is 7.90. The zero-order chi connectivity index (χ0) is 28.7. The number of anilines is 1. The van der Waals surface area contributed by atoms with Crippen molar-refractivity contribution in [3.05, 3.63) is 63.7 Å². The lowest BCUT2D eigenvalue weighted by molar-refractivity contribution is -0.348. The van der Waals surface area contributed by atoms with Crippen molar-refractivity contribution < 1.29 is 48.7 Å². The number of carbonyl (C=O) groups excluding carboxylic acids is 2. The maximum atomic E-state index is 14.6. The molecule has 0 fully saturated rings. The first kappa shape index (κ1) is 30.4. The summed E-state index contributed by atoms with van der Waals surface area (Å²) in [6.07, 6.45) is -11.9. The third-order valence-electron chi connectivity index (χ3n) is 5.33. The zero-order valence-corrected chi connectivity index (χ0v) is 20.9. The van der Waals surface area contributed by atoms with Crippen LogP contribution in [0.3, 0.4) is 0 Å². The lowest BCUT2D eigenvalue weighted by Gasteiger charge is -2.33. The maximum absolute atomic E-state index is 14.6. The molecule has 2 aromatic rings. The topological polar surface area (TPSA) is 97.5 Å². The van der Waals surface area contributed by atoms with Crippen LogP contribution < -0.4 is 10.6 Å². The van der Waals surface area contributed by atoms with E-state index in [2.05, 4.69) is 0 Å². The molecule has 2 aromatic carbocycles. The standard InChI is InChI=1S/C22H20ClF7N2O4S/c1-11-9-13(20(24,21(25,26)27)22(28,29)30)7-8-16(11)32(12(2)10-37(3,35)36)19(34)17-14(18(31)33)5-4-6-15(17)23/h4-9,12H,10H2,1-3H3,(H2,31,33)/t12-/m1/s1. The van der Waals surface area contributed by atoms with Crippen LogP contribution in [0, 0.1) is 6.92 Å². The highest BCUT2D eigenvalue weighted by Crippen LogP contribution is 2.53. The molecule has 0 aliphatic rings. The molecule has 37 heavy (non-hydrogen) atoms. The summed E-state index contributed by atoms with van der Waals surface area (Å²) in [5.74, 6) is -2.91. The summed E-state index contributed by atoms with van der Waals surface area (Å²) in [6.45, 7) is 2.24. The second-order valence-electron chi connectivity index (χ2n) is 8.30. The molecule has 6 nitrogen and oxygen atoms in total. The SMILES string of the molecule is Cc1cc(C(F)(C(F)(F)F)C(F)(F)F)ccc1N(C(=O)c1c(Cl)cccc1C(N)=O)[C@H](C)CS(C)(=O)=O. The summed E-state index contributed by atoms with van der Waals surface area (Å²) in [6, 6.07) is 3.43. The number of amides is 2. The van der Waals surface area contributed by atoms with Crippen LogP contribution in [0.4, 0.5) is 36.4 Å². The number of halogens is 8. The van der Waals surface area contributed by atoms with Crippen LogP contribution in [0.5, 0.6) is 0 Å². The molecule has 0 radical (unpaired) electrons. The van der Waals surface area contributed by atoms with Crippen LogP contribution in [0.25, 0.3) is 0 Å². The molecule has 0 saturated heterocycles. The van der Waals surface area contributed by atoms with E-state index >= 15 is 0 Å². The number of sulfone groups is 1. The second kappa shape index (κ2) is 10.1. The molecule has 0 saturated carbocycles. The van der Waals surface area contributed by atoms with Crippen molar-refractivity contribution >= 4 is 38.9 Å². The van der Waals surface area contributed by atoms with E-state index in [9.17, 15) is 48.7 Å². The minimum atomic E-state index is -6.37. The fourth-order valence-electron chi connectivity index (χ4n) is 3.76. The van der Waals surface area contributed by atoms with Gasteiger partial charge in [0.2, 0.25) is 5.91 Å². The fraction of sp³-hybridized carbons (Fsp3) is 0.364. The van der Waals surface area contributed by atoms with Gasteiger partial charge in [-0.1, -0.05) is 29.8 Å². The van der Waals surface area contributed by atoms with Gasteiger partial charge in [-0.05, 0) is 37.6 Å². The molecule has 0 unspecified atom stereocenters. The molecule has 2 amide bonds. The molecule has 15 heteroatoms. The average molecular weight is 577 g/mol. The Kier molecular flexibility index (Phi) is 8.30. The van der Waals surface area contributed by atoms with Gasteiger partial charge in [-0.3, -0.25) is 9.59 Å². The lowest BCUT2D eigenvalue weighted by Crippen LogP contribution is -2.50. The first-order valence-corrected chi connectivity index (χ1v) is 12.6. The van der Waals surface area contributed by atoms with Gasteiger partial charge < -0.3 is 10.6 Å². The van der Waals surface area contributed by atoms with Gasteiger partial charge in [0.15, 0.2) is 0 Å². The summed E-state index contributed by atoms with van der Waals surface area (Å²) < 4.78 is 118. The fourth-order valence-corrected chi connectivity index (χ4v) is 5.04. The normalized spacial score (nSPS) is 13.8. The Bertz CT molecular complexity index is 1310. The van der Waals surface area contributed by atoms with Crippen LogP contribution in [-0.2, 0) is 15.5 Å². The van der Waals surface area contributed by atoms with Crippen molar-refractivity contribution in [3.63, 3.8) is 0 Å². The van der Waals surface area contributed by atoms with E-state index in [0.717, 1.165) is 24.1 Å². The number of carbonyl (C=O) groups is 2. The number of aryl methyl sites for hydroxylation is 1. The number of benzene rings is 2. The molecule has 0 aliphatic carbocycles. The number of alkyl halides is 7. The Hall–Kier alpha value is -2.87. The number of nitrogens with zero attached hydrogens (tertiary/aromatic N) is 1. The van der Waals surface area contributed by atoms with Crippen molar-refractivity contribution in [2.45, 2.75) is 37.9 Å². The summed E-state index contributed by atoms with van der Waals surface area (Å²) >= 11 is 6.09. The molecule has 204 valence electrons. The Labute approximate surface area is 212 Å². The predicted molar refractivity (Wildman–Crippen MR) is 122 cm³/mol. The third kappa shape index (κ3) is 6.00. The van der Waals surface area contributed by atoms with E-state index in [1.54, 1.807) is 0 Å². The monoisotopic (exact) mass is 576 g/mol. The molecular formula is C22H20ClF7N2O4S. The first-order valence-electron chi connectivity index (χ1n) is 10.2. The van der Waals surface area contributed by atoms with Crippen molar-refractivity contribution in [2.24, 2.45) is 5.73 Å². The minimum absolute atomic E-state index is 0.193. The molecule has 1 atom stereocenters. The van der Waals surface area contributed by atoms with Crippen molar-refractivity contribution in [3.8, 4) is 0 Å². The van der Waals surface area contributed by atoms with Crippen LogP contribution in [-0.4, -0.2) is 50.6 Å². The average Bonchev–Trinajstić information content (AvgIpc) is 2.71. The molecular weight excluding hydrogens is 557 g/mol. The number of rotatable bonds is 7. The van der Waals surface area contributed by atoms with Gasteiger partial charge in [0.1, 0.15) is 9.84 Å². The van der Waals surface area contributed by atoms with Gasteiger partial charge in [-0.15, -0.1) is 0 Å². The first-order chi connectivity index (χ1) is 16.6. The summed E-state index contributed by atoms with van der Waals surface area (Å²) in [7, 11) is -3.79. The molecule has 0 aliphatic heterocycles. The molecule has 2 N–H and O–H groups in total. The lowest BCUT2D eigenvalue weighted by atomic mass is 9.92. The number of nitrogens with two attached hydrogens (primary N) is 1. The molecule has 0 spiro atoms. The molecule has 0 heterocycles. The van der Waals surface area contributed by atoms with Crippen molar-refractivity contribution in [1.29, 1.82) is 0 Å². The highest BCUT2D eigenvalue weighted by Gasteiger charge is 2.73. The molecule has 0 bridgehead atoms. The predicted octanol–water partition coefficient (Wildman–Crippen LogP) is 5.12. The van der Waals surface area contributed by atoms with E-state index < -0.39 is 68.2 Å². The number of hydrogen-bond acceptors (Lipinski definition) is 4. The Morgan fingerprint density at radius 3 is 2.00 bits per heavy atom. The van der Waals surface area contributed by atoms with E-state index in [1.165, 1.54) is 19.1 Å². The van der Waals surface area contributed by atoms with Crippen molar-refractivity contribution in [2.75, 3.05) is 16.9 Å². The summed E-state index contributed by atoms with van der Waals surface area (Å²) in [5.41, 5.74) is -3.87. The Morgan fingerprint density at radius 1 is 1.03 bits per heavy atom. The van der Waals surface area contributed by atoms with E-state index in [4.69, 9.17) is 17.3 Å². The Morgan fingerprint density at radius 2 is 1.57 bits per heavy atom. The largest absolute Gasteiger partial charge is 0.435 e. The summed E-state index contributed by atoms with van der Waals surface area (Å²) in [5, 5.41) is -0.288. The van der Waals surface area contributed by atoms with Crippen LogP contribution >= 0.6 is 11.6 Å². The minimum Gasteiger partial charge on any atom is -0.366 e. The highest BCUT2D eigenvalue weighted by atomic mass is 35.5. The smallest absolute Gasteiger partial charge is 0.366 e. The quantitative estimate of drug-likeness (QED) is 0.463. The van der Waals surface area contributed by atoms with Gasteiger partial charge in [0.05, 0.1) is 21.9 Å². The van der Waals surface area contributed by atoms with E-state index in [0.29, 0.717) is 6.07 Å². The van der Waals surface area contributed by atoms with Crippen LogP contribution in [0.1, 0.15) is 38.8 Å². The van der Waals surface area contributed by atoms with Gasteiger partial charge in [0, 0.05) is 23.5 Å².